The van der Waals surface area contributed by atoms with Gasteiger partial charge in [-0.2, -0.15) is 0 Å². The Hall–Kier alpha value is -1.42. The molecule has 2 N–H and O–H groups in total. The van der Waals surface area contributed by atoms with E-state index in [0.717, 1.165) is 12.8 Å². The van der Waals surface area contributed by atoms with E-state index in [4.69, 9.17) is 0 Å². The van der Waals surface area contributed by atoms with Crippen molar-refractivity contribution in [2.45, 2.75) is 54.4 Å². The molecule has 0 heterocycles. The van der Waals surface area contributed by atoms with E-state index < -0.39 is 8.56 Å². The first kappa shape index (κ1) is 19.9. The van der Waals surface area contributed by atoms with Gasteiger partial charge in [0.1, 0.15) is 0 Å². The van der Waals surface area contributed by atoms with Gasteiger partial charge in [0.15, 0.2) is 0 Å². The first-order valence-corrected chi connectivity index (χ1v) is 10.9. The Morgan fingerprint density at radius 1 is 0.600 bits per heavy atom. The molecule has 2 aromatic rings. The fourth-order valence-corrected chi connectivity index (χ4v) is 4.70. The van der Waals surface area contributed by atoms with E-state index in [9.17, 15) is 9.59 Å². The monoisotopic (exact) mass is 356 g/mol. The predicted molar refractivity (Wildman–Crippen MR) is 109 cm³/mol. The van der Waals surface area contributed by atoms with Crippen molar-refractivity contribution >= 4 is 18.9 Å². The van der Waals surface area contributed by atoms with Crippen LogP contribution in [-0.4, -0.2) is 18.2 Å². The van der Waals surface area contributed by atoms with E-state index in [-0.39, 0.29) is 10.8 Å². The SMILES string of the molecule is CC(C)(C)Cc1ccc([Si](O)(O)c2ccc(CC(C)(C)C)cc2)cc1. The summed E-state index contributed by atoms with van der Waals surface area (Å²) in [5, 5.41) is 1.27. The van der Waals surface area contributed by atoms with Crippen LogP contribution in [0.25, 0.3) is 0 Å². The van der Waals surface area contributed by atoms with Crippen molar-refractivity contribution in [2.75, 3.05) is 0 Å². The quantitative estimate of drug-likeness (QED) is 0.824. The fraction of sp³-hybridized carbons (Fsp3) is 0.455. The zero-order valence-electron chi connectivity index (χ0n) is 16.4. The predicted octanol–water partition coefficient (Wildman–Crippen LogP) is 3.40. The highest BCUT2D eigenvalue weighted by molar-refractivity contribution is 6.90. The first-order valence-electron chi connectivity index (χ1n) is 9.00. The second kappa shape index (κ2) is 7.06. The highest BCUT2D eigenvalue weighted by Gasteiger charge is 2.34. The summed E-state index contributed by atoms with van der Waals surface area (Å²) < 4.78 is 0. The van der Waals surface area contributed by atoms with Crippen LogP contribution in [0.3, 0.4) is 0 Å². The van der Waals surface area contributed by atoms with Crippen LogP contribution in [0.15, 0.2) is 48.5 Å². The molecule has 0 saturated carbocycles. The number of benzene rings is 2. The fourth-order valence-electron chi connectivity index (χ4n) is 3.10. The van der Waals surface area contributed by atoms with E-state index >= 15 is 0 Å². The second-order valence-electron chi connectivity index (χ2n) is 9.54. The molecule has 0 aliphatic rings. The van der Waals surface area contributed by atoms with Crippen molar-refractivity contribution < 1.29 is 9.59 Å². The first-order chi connectivity index (χ1) is 11.4. The molecule has 0 saturated heterocycles. The zero-order chi connectivity index (χ0) is 18.9. The molecular weight excluding hydrogens is 324 g/mol. The normalized spacial score (nSPS) is 13.1. The number of hydrogen-bond donors (Lipinski definition) is 2. The van der Waals surface area contributed by atoms with Gasteiger partial charge in [-0.1, -0.05) is 90.1 Å². The maximum Gasteiger partial charge on any atom is 0.401 e. The van der Waals surface area contributed by atoms with Gasteiger partial charge in [0, 0.05) is 0 Å². The van der Waals surface area contributed by atoms with Crippen LogP contribution in [0.4, 0.5) is 0 Å². The maximum absolute atomic E-state index is 10.8. The summed E-state index contributed by atoms with van der Waals surface area (Å²) in [6.07, 6.45) is 1.94. The average Bonchev–Trinajstić information content (AvgIpc) is 2.45. The third-order valence-electron chi connectivity index (χ3n) is 4.18. The summed E-state index contributed by atoms with van der Waals surface area (Å²) in [7, 11) is -3.62. The van der Waals surface area contributed by atoms with Gasteiger partial charge in [-0.25, -0.2) is 0 Å². The molecule has 0 fully saturated rings. The highest BCUT2D eigenvalue weighted by Crippen LogP contribution is 2.21. The van der Waals surface area contributed by atoms with E-state index in [0.29, 0.717) is 10.4 Å². The molecule has 0 bridgehead atoms. The Bertz CT molecular complexity index is 625. The molecule has 0 aliphatic carbocycles. The van der Waals surface area contributed by atoms with Crippen LogP contribution >= 0.6 is 0 Å². The highest BCUT2D eigenvalue weighted by atomic mass is 28.4. The smallest absolute Gasteiger partial charge is 0.401 e. The van der Waals surface area contributed by atoms with E-state index in [1.165, 1.54) is 11.1 Å². The second-order valence-corrected chi connectivity index (χ2v) is 12.0. The van der Waals surface area contributed by atoms with Crippen LogP contribution < -0.4 is 10.4 Å². The zero-order valence-corrected chi connectivity index (χ0v) is 17.4. The maximum atomic E-state index is 10.8. The number of rotatable bonds is 4. The largest absolute Gasteiger partial charge is 0.404 e. The van der Waals surface area contributed by atoms with Crippen molar-refractivity contribution in [1.29, 1.82) is 0 Å². The van der Waals surface area contributed by atoms with Crippen LogP contribution in [0.5, 0.6) is 0 Å². The standard InChI is InChI=1S/C22H32O2Si/c1-21(2,3)15-17-7-11-19(12-8-17)25(23,24)20-13-9-18(10-14-20)16-22(4,5)6/h7-14,23-24H,15-16H2,1-6H3. The Balaban J connectivity index is 2.20. The van der Waals surface area contributed by atoms with Gasteiger partial charge >= 0.3 is 8.56 Å². The van der Waals surface area contributed by atoms with Gasteiger partial charge < -0.3 is 9.59 Å². The third kappa shape index (κ3) is 5.81. The molecule has 2 rings (SSSR count). The van der Waals surface area contributed by atoms with Gasteiger partial charge in [-0.15, -0.1) is 0 Å². The van der Waals surface area contributed by atoms with Crippen LogP contribution in [0.2, 0.25) is 0 Å². The molecule has 0 amide bonds. The summed E-state index contributed by atoms with van der Waals surface area (Å²) in [4.78, 5) is 21.6. The Morgan fingerprint density at radius 3 is 1.12 bits per heavy atom. The molecule has 0 radical (unpaired) electrons. The van der Waals surface area contributed by atoms with Crippen molar-refractivity contribution in [3.05, 3.63) is 59.7 Å². The lowest BCUT2D eigenvalue weighted by Crippen LogP contribution is -2.59. The third-order valence-corrected chi connectivity index (χ3v) is 6.46. The molecule has 136 valence electrons. The minimum Gasteiger partial charge on any atom is -0.404 e. The molecule has 25 heavy (non-hydrogen) atoms. The molecular formula is C22H32O2Si. The van der Waals surface area contributed by atoms with Gasteiger partial charge in [0.05, 0.1) is 0 Å². The average molecular weight is 357 g/mol. The topological polar surface area (TPSA) is 40.5 Å². The Morgan fingerprint density at radius 2 is 0.880 bits per heavy atom. The van der Waals surface area contributed by atoms with Crippen LogP contribution in [0.1, 0.15) is 52.7 Å². The number of hydrogen-bond acceptors (Lipinski definition) is 2. The van der Waals surface area contributed by atoms with Crippen LogP contribution in [-0.2, 0) is 12.8 Å². The minimum absolute atomic E-state index is 0.220. The molecule has 0 aromatic heterocycles. The molecule has 0 spiro atoms. The summed E-state index contributed by atoms with van der Waals surface area (Å²) in [6.45, 7) is 13.2. The molecule has 0 aliphatic heterocycles. The van der Waals surface area contributed by atoms with Gasteiger partial charge in [0.25, 0.3) is 0 Å². The summed E-state index contributed by atoms with van der Waals surface area (Å²) in [6, 6.07) is 15.6. The summed E-state index contributed by atoms with van der Waals surface area (Å²) in [5.41, 5.74) is 2.89. The Labute approximate surface area is 153 Å². The van der Waals surface area contributed by atoms with E-state index in [1.807, 2.05) is 48.5 Å². The van der Waals surface area contributed by atoms with Gasteiger partial charge in [-0.05, 0) is 45.2 Å². The molecule has 3 heteroatoms. The lowest BCUT2D eigenvalue weighted by Gasteiger charge is -2.22. The van der Waals surface area contributed by atoms with Crippen molar-refractivity contribution in [3.8, 4) is 0 Å². The van der Waals surface area contributed by atoms with E-state index in [1.54, 1.807) is 0 Å². The lowest BCUT2D eigenvalue weighted by atomic mass is 9.88. The Kier molecular flexibility index (Phi) is 5.62. The molecule has 0 atom stereocenters. The van der Waals surface area contributed by atoms with E-state index in [2.05, 4.69) is 41.5 Å². The molecule has 2 aromatic carbocycles. The van der Waals surface area contributed by atoms with Crippen molar-refractivity contribution in [1.82, 2.24) is 0 Å². The minimum atomic E-state index is -3.62. The van der Waals surface area contributed by atoms with Gasteiger partial charge in [0.2, 0.25) is 0 Å². The van der Waals surface area contributed by atoms with Crippen LogP contribution in [0, 0.1) is 10.8 Å². The summed E-state index contributed by atoms with van der Waals surface area (Å²) in [5.74, 6) is 0. The summed E-state index contributed by atoms with van der Waals surface area (Å²) >= 11 is 0. The van der Waals surface area contributed by atoms with Crippen molar-refractivity contribution in [3.63, 3.8) is 0 Å². The molecule has 2 nitrogen and oxygen atoms in total. The van der Waals surface area contributed by atoms with Gasteiger partial charge in [-0.3, -0.25) is 0 Å². The lowest BCUT2D eigenvalue weighted by molar-refractivity contribution is 0.401. The van der Waals surface area contributed by atoms with Crippen molar-refractivity contribution in [2.24, 2.45) is 10.8 Å². The molecule has 0 unspecified atom stereocenters.